The molecule has 2 nitrogen and oxygen atoms in total. The Morgan fingerprint density at radius 2 is 1.60 bits per heavy atom. The summed E-state index contributed by atoms with van der Waals surface area (Å²) in [5.41, 5.74) is 8.23. The maximum absolute atomic E-state index is 6.08. The van der Waals surface area contributed by atoms with Gasteiger partial charge in [0.1, 0.15) is 0 Å². The molecule has 1 atom stereocenters. The first-order valence-electron chi connectivity index (χ1n) is 4.58. The van der Waals surface area contributed by atoms with Gasteiger partial charge < -0.3 is 5.73 Å². The van der Waals surface area contributed by atoms with Crippen molar-refractivity contribution >= 4 is 12.4 Å². The molecule has 0 bridgehead atoms. The molecule has 2 aromatic rings. The molecular weight excluding hydrogens is 208 g/mol. The van der Waals surface area contributed by atoms with Crippen LogP contribution in [0.15, 0.2) is 54.9 Å². The molecule has 1 aromatic heterocycles. The molecule has 3 heteroatoms. The lowest BCUT2D eigenvalue weighted by atomic mass is 10.0. The second-order valence-corrected chi connectivity index (χ2v) is 3.17. The van der Waals surface area contributed by atoms with Gasteiger partial charge in [-0.05, 0) is 17.2 Å². The van der Waals surface area contributed by atoms with Crippen molar-refractivity contribution in [2.45, 2.75) is 6.04 Å². The van der Waals surface area contributed by atoms with Gasteiger partial charge in [-0.3, -0.25) is 4.98 Å². The summed E-state index contributed by atoms with van der Waals surface area (Å²) < 4.78 is 0. The van der Waals surface area contributed by atoms with Gasteiger partial charge in [-0.25, -0.2) is 0 Å². The van der Waals surface area contributed by atoms with E-state index < -0.39 is 0 Å². The minimum atomic E-state index is -0.0788. The van der Waals surface area contributed by atoms with Crippen LogP contribution in [0.1, 0.15) is 17.2 Å². The van der Waals surface area contributed by atoms with Crippen LogP contribution in [0.25, 0.3) is 0 Å². The Balaban J connectivity index is 0.00000112. The van der Waals surface area contributed by atoms with Gasteiger partial charge >= 0.3 is 0 Å². The molecule has 1 heterocycles. The molecule has 0 fully saturated rings. The lowest BCUT2D eigenvalue weighted by molar-refractivity contribution is 0.863. The van der Waals surface area contributed by atoms with Crippen LogP contribution >= 0.6 is 12.4 Å². The Bertz CT molecular complexity index is 349. The third kappa shape index (κ3) is 2.78. The van der Waals surface area contributed by atoms with Gasteiger partial charge in [-0.2, -0.15) is 0 Å². The third-order valence-corrected chi connectivity index (χ3v) is 2.20. The predicted octanol–water partition coefficient (Wildman–Crippen LogP) is 2.55. The highest BCUT2D eigenvalue weighted by molar-refractivity contribution is 5.85. The summed E-state index contributed by atoms with van der Waals surface area (Å²) in [6.45, 7) is 0. The molecule has 0 aliphatic rings. The van der Waals surface area contributed by atoms with Crippen molar-refractivity contribution in [2.24, 2.45) is 5.73 Å². The SMILES string of the molecule is Cl.N[C@@H](c1ccccc1)c1cccnc1. The van der Waals surface area contributed by atoms with Gasteiger partial charge in [0.2, 0.25) is 0 Å². The Morgan fingerprint density at radius 3 is 2.20 bits per heavy atom. The van der Waals surface area contributed by atoms with Crippen molar-refractivity contribution in [2.75, 3.05) is 0 Å². The molecule has 0 aliphatic carbocycles. The molecule has 0 saturated carbocycles. The number of aromatic nitrogens is 1. The van der Waals surface area contributed by atoms with Crippen LogP contribution in [-0.4, -0.2) is 4.98 Å². The quantitative estimate of drug-likeness (QED) is 0.845. The number of hydrogen-bond acceptors (Lipinski definition) is 2. The van der Waals surface area contributed by atoms with Crippen LogP contribution in [0.4, 0.5) is 0 Å². The lowest BCUT2D eigenvalue weighted by Crippen LogP contribution is -2.11. The number of nitrogens with two attached hydrogens (primary N) is 1. The average molecular weight is 221 g/mol. The minimum Gasteiger partial charge on any atom is -0.320 e. The van der Waals surface area contributed by atoms with Crippen LogP contribution in [0.2, 0.25) is 0 Å². The topological polar surface area (TPSA) is 38.9 Å². The molecule has 78 valence electrons. The molecule has 2 rings (SSSR count). The van der Waals surface area contributed by atoms with Gasteiger partial charge in [0.15, 0.2) is 0 Å². The van der Waals surface area contributed by atoms with Crippen molar-refractivity contribution in [3.05, 3.63) is 66.0 Å². The first-order valence-corrected chi connectivity index (χ1v) is 4.58. The summed E-state index contributed by atoms with van der Waals surface area (Å²) in [7, 11) is 0. The monoisotopic (exact) mass is 220 g/mol. The molecule has 0 saturated heterocycles. The highest BCUT2D eigenvalue weighted by Gasteiger charge is 2.06. The smallest absolute Gasteiger partial charge is 0.0566 e. The van der Waals surface area contributed by atoms with Gasteiger partial charge in [0.05, 0.1) is 6.04 Å². The van der Waals surface area contributed by atoms with Crippen LogP contribution in [0.5, 0.6) is 0 Å². The van der Waals surface area contributed by atoms with Crippen molar-refractivity contribution in [1.82, 2.24) is 4.98 Å². The number of rotatable bonds is 2. The maximum atomic E-state index is 6.08. The number of pyridine rings is 1. The zero-order chi connectivity index (χ0) is 9.80. The van der Waals surface area contributed by atoms with E-state index in [9.17, 15) is 0 Å². The maximum Gasteiger partial charge on any atom is 0.0566 e. The standard InChI is InChI=1S/C12H12N2.ClH/c13-12(10-5-2-1-3-6-10)11-7-4-8-14-9-11;/h1-9,12H,13H2;1H/t12-;/m0./s1. The average Bonchev–Trinajstić information content (AvgIpc) is 2.30. The molecular formula is C12H13ClN2. The van der Waals surface area contributed by atoms with E-state index in [0.717, 1.165) is 11.1 Å². The summed E-state index contributed by atoms with van der Waals surface area (Å²) >= 11 is 0. The van der Waals surface area contributed by atoms with Crippen molar-refractivity contribution in [3.8, 4) is 0 Å². The van der Waals surface area contributed by atoms with Crippen LogP contribution < -0.4 is 5.73 Å². The van der Waals surface area contributed by atoms with E-state index in [0.29, 0.717) is 0 Å². The van der Waals surface area contributed by atoms with Gasteiger partial charge in [-0.15, -0.1) is 12.4 Å². The van der Waals surface area contributed by atoms with Gasteiger partial charge in [-0.1, -0.05) is 36.4 Å². The molecule has 0 radical (unpaired) electrons. The van der Waals surface area contributed by atoms with Crippen LogP contribution in [0.3, 0.4) is 0 Å². The molecule has 0 aliphatic heterocycles. The zero-order valence-electron chi connectivity index (χ0n) is 8.21. The van der Waals surface area contributed by atoms with Gasteiger partial charge in [0, 0.05) is 12.4 Å². The van der Waals surface area contributed by atoms with E-state index >= 15 is 0 Å². The Kier molecular flexibility index (Phi) is 4.28. The van der Waals surface area contributed by atoms with Gasteiger partial charge in [0.25, 0.3) is 0 Å². The Labute approximate surface area is 95.6 Å². The van der Waals surface area contributed by atoms with Crippen LogP contribution in [-0.2, 0) is 0 Å². The highest BCUT2D eigenvalue weighted by atomic mass is 35.5. The van der Waals surface area contributed by atoms with E-state index in [1.165, 1.54) is 0 Å². The van der Waals surface area contributed by atoms with Crippen molar-refractivity contribution in [3.63, 3.8) is 0 Å². The largest absolute Gasteiger partial charge is 0.320 e. The first kappa shape index (κ1) is 11.7. The Hall–Kier alpha value is -1.38. The summed E-state index contributed by atoms with van der Waals surface area (Å²) in [5.74, 6) is 0. The van der Waals surface area contributed by atoms with E-state index in [1.807, 2.05) is 42.5 Å². The summed E-state index contributed by atoms with van der Waals surface area (Å²) in [6.07, 6.45) is 3.55. The van der Waals surface area contributed by atoms with E-state index in [4.69, 9.17) is 5.73 Å². The number of benzene rings is 1. The fourth-order valence-electron chi connectivity index (χ4n) is 1.41. The fraction of sp³-hybridized carbons (Fsp3) is 0.0833. The third-order valence-electron chi connectivity index (χ3n) is 2.20. The normalized spacial score (nSPS) is 11.5. The lowest BCUT2D eigenvalue weighted by Gasteiger charge is -2.11. The van der Waals surface area contributed by atoms with Crippen molar-refractivity contribution in [1.29, 1.82) is 0 Å². The molecule has 2 N–H and O–H groups in total. The predicted molar refractivity (Wildman–Crippen MR) is 64.0 cm³/mol. The molecule has 15 heavy (non-hydrogen) atoms. The molecule has 0 spiro atoms. The fourth-order valence-corrected chi connectivity index (χ4v) is 1.41. The molecule has 0 unspecified atom stereocenters. The zero-order valence-corrected chi connectivity index (χ0v) is 9.02. The number of nitrogens with zero attached hydrogens (tertiary/aromatic N) is 1. The van der Waals surface area contributed by atoms with E-state index in [2.05, 4.69) is 4.98 Å². The second kappa shape index (κ2) is 5.49. The Morgan fingerprint density at radius 1 is 0.933 bits per heavy atom. The number of halogens is 1. The summed E-state index contributed by atoms with van der Waals surface area (Å²) in [6, 6.07) is 13.8. The van der Waals surface area contributed by atoms with Crippen molar-refractivity contribution < 1.29 is 0 Å². The minimum absolute atomic E-state index is 0. The first-order chi connectivity index (χ1) is 6.88. The molecule has 1 aromatic carbocycles. The number of hydrogen-bond donors (Lipinski definition) is 1. The summed E-state index contributed by atoms with van der Waals surface area (Å²) in [4.78, 5) is 4.05. The van der Waals surface area contributed by atoms with E-state index in [-0.39, 0.29) is 18.4 Å². The second-order valence-electron chi connectivity index (χ2n) is 3.17. The molecule has 0 amide bonds. The highest BCUT2D eigenvalue weighted by Crippen LogP contribution is 2.17. The van der Waals surface area contributed by atoms with Crippen LogP contribution in [0, 0.1) is 0 Å². The summed E-state index contributed by atoms with van der Waals surface area (Å²) in [5, 5.41) is 0. The van der Waals surface area contributed by atoms with E-state index in [1.54, 1.807) is 12.4 Å².